The summed E-state index contributed by atoms with van der Waals surface area (Å²) in [5, 5.41) is 29.2. The minimum Gasteiger partial charge on any atom is -0.504 e. The summed E-state index contributed by atoms with van der Waals surface area (Å²) in [7, 11) is 0. The number of nitrogens with zero attached hydrogens (tertiary/aromatic N) is 2. The number of aromatic hydroxyl groups is 1. The van der Waals surface area contributed by atoms with Crippen LogP contribution in [-0.2, 0) is 0 Å². The molecular formula is C7H3FN2O3S. The van der Waals surface area contributed by atoms with Crippen molar-refractivity contribution in [2.24, 2.45) is 0 Å². The molecule has 7 heteroatoms. The van der Waals surface area contributed by atoms with Gasteiger partial charge in [-0.05, 0) is 11.8 Å². The predicted molar refractivity (Wildman–Crippen MR) is 46.2 cm³/mol. The number of halogens is 1. The summed E-state index contributed by atoms with van der Waals surface area (Å²) in [6.07, 6.45) is 0. The molecule has 0 aliphatic heterocycles. The van der Waals surface area contributed by atoms with Crippen molar-refractivity contribution in [2.45, 2.75) is 4.90 Å². The van der Waals surface area contributed by atoms with E-state index in [9.17, 15) is 14.5 Å². The van der Waals surface area contributed by atoms with Crippen LogP contribution in [-0.4, -0.2) is 10.0 Å². The molecule has 1 rings (SSSR count). The number of thiocyanates is 1. The van der Waals surface area contributed by atoms with E-state index < -0.39 is 22.2 Å². The van der Waals surface area contributed by atoms with Crippen molar-refractivity contribution in [3.63, 3.8) is 0 Å². The van der Waals surface area contributed by atoms with E-state index >= 15 is 0 Å². The summed E-state index contributed by atoms with van der Waals surface area (Å²) in [4.78, 5) is 9.32. The van der Waals surface area contributed by atoms with E-state index in [0.29, 0.717) is 17.8 Å². The highest BCUT2D eigenvalue weighted by Gasteiger charge is 2.16. The smallest absolute Gasteiger partial charge is 0.273 e. The molecule has 5 nitrogen and oxygen atoms in total. The third-order valence-corrected chi connectivity index (χ3v) is 2.00. The fourth-order valence-electron chi connectivity index (χ4n) is 0.793. The topological polar surface area (TPSA) is 87.2 Å². The second-order valence-electron chi connectivity index (χ2n) is 2.22. The number of non-ortho nitro benzene ring substituents is 1. The van der Waals surface area contributed by atoms with E-state index in [4.69, 9.17) is 10.4 Å². The van der Waals surface area contributed by atoms with Crippen LogP contribution in [0, 0.1) is 26.6 Å². The van der Waals surface area contributed by atoms with E-state index in [0.717, 1.165) is 6.07 Å². The number of hydrogen-bond donors (Lipinski definition) is 1. The first-order valence-corrected chi connectivity index (χ1v) is 4.10. The number of rotatable bonds is 2. The predicted octanol–water partition coefficient (Wildman–Crippen LogP) is 2.01. The van der Waals surface area contributed by atoms with Crippen molar-refractivity contribution in [1.82, 2.24) is 0 Å². The van der Waals surface area contributed by atoms with Gasteiger partial charge in [0, 0.05) is 6.07 Å². The molecule has 1 N–H and O–H groups in total. The molecule has 0 saturated carbocycles. The highest BCUT2D eigenvalue weighted by molar-refractivity contribution is 8.03. The lowest BCUT2D eigenvalue weighted by Crippen LogP contribution is -1.90. The maximum Gasteiger partial charge on any atom is 0.273 e. The van der Waals surface area contributed by atoms with E-state index in [1.165, 1.54) is 0 Å². The number of benzene rings is 1. The Hall–Kier alpha value is -1.81. The van der Waals surface area contributed by atoms with Gasteiger partial charge in [0.05, 0.1) is 15.9 Å². The highest BCUT2D eigenvalue weighted by Crippen LogP contribution is 2.33. The van der Waals surface area contributed by atoms with Crippen molar-refractivity contribution in [1.29, 1.82) is 5.26 Å². The van der Waals surface area contributed by atoms with Gasteiger partial charge in [0.15, 0.2) is 11.6 Å². The summed E-state index contributed by atoms with van der Waals surface area (Å²) >= 11 is 0.459. The molecule has 0 amide bonds. The fraction of sp³-hybridized carbons (Fsp3) is 0. The van der Waals surface area contributed by atoms with Crippen molar-refractivity contribution in [3.05, 3.63) is 28.1 Å². The zero-order valence-corrected chi connectivity index (χ0v) is 7.42. The maximum atomic E-state index is 12.8. The van der Waals surface area contributed by atoms with Gasteiger partial charge in [0.2, 0.25) is 0 Å². The lowest BCUT2D eigenvalue weighted by atomic mass is 10.3. The lowest BCUT2D eigenvalue weighted by molar-refractivity contribution is -0.385. The van der Waals surface area contributed by atoms with Gasteiger partial charge in [0.1, 0.15) is 5.40 Å². The average Bonchev–Trinajstić information content (AvgIpc) is 2.12. The van der Waals surface area contributed by atoms with Gasteiger partial charge in [-0.15, -0.1) is 0 Å². The van der Waals surface area contributed by atoms with Gasteiger partial charge >= 0.3 is 0 Å². The minimum absolute atomic E-state index is 0.167. The molecule has 0 aromatic heterocycles. The number of hydrogen-bond acceptors (Lipinski definition) is 5. The molecular weight excluding hydrogens is 211 g/mol. The van der Waals surface area contributed by atoms with Crippen LogP contribution in [0.25, 0.3) is 0 Å². The van der Waals surface area contributed by atoms with Gasteiger partial charge in [-0.25, -0.2) is 4.39 Å². The number of phenols is 1. The summed E-state index contributed by atoms with van der Waals surface area (Å²) in [6, 6.07) is 1.53. The second-order valence-corrected chi connectivity index (χ2v) is 3.05. The summed E-state index contributed by atoms with van der Waals surface area (Å²) in [5.74, 6) is -1.86. The first-order chi connectivity index (χ1) is 6.56. The Bertz CT molecular complexity index is 430. The first kappa shape index (κ1) is 10.3. The maximum absolute atomic E-state index is 12.8. The molecule has 0 radical (unpaired) electrons. The van der Waals surface area contributed by atoms with Crippen LogP contribution in [0.5, 0.6) is 5.75 Å². The zero-order valence-electron chi connectivity index (χ0n) is 6.60. The van der Waals surface area contributed by atoms with Gasteiger partial charge in [-0.1, -0.05) is 0 Å². The molecule has 0 saturated heterocycles. The van der Waals surface area contributed by atoms with E-state index in [2.05, 4.69) is 0 Å². The van der Waals surface area contributed by atoms with E-state index in [-0.39, 0.29) is 4.90 Å². The van der Waals surface area contributed by atoms with Crippen molar-refractivity contribution >= 4 is 17.4 Å². The first-order valence-electron chi connectivity index (χ1n) is 3.29. The molecule has 0 aliphatic rings. The second kappa shape index (κ2) is 3.93. The monoisotopic (exact) mass is 214 g/mol. The Morgan fingerprint density at radius 3 is 2.79 bits per heavy atom. The molecule has 0 atom stereocenters. The molecule has 1 aromatic rings. The fourth-order valence-corrected chi connectivity index (χ4v) is 1.26. The van der Waals surface area contributed by atoms with Crippen LogP contribution in [0.4, 0.5) is 10.1 Å². The normalized spacial score (nSPS) is 9.43. The Morgan fingerprint density at radius 2 is 2.29 bits per heavy atom. The number of nitriles is 1. The minimum atomic E-state index is -1.11. The molecule has 0 aliphatic carbocycles. The number of thioether (sulfide) groups is 1. The average molecular weight is 214 g/mol. The SMILES string of the molecule is N#CSc1cc([N+](=O)[O-])cc(F)c1O. The van der Waals surface area contributed by atoms with Gasteiger partial charge in [-0.2, -0.15) is 5.26 Å². The van der Waals surface area contributed by atoms with Crippen molar-refractivity contribution in [3.8, 4) is 11.2 Å². The molecule has 0 fully saturated rings. The Morgan fingerprint density at radius 1 is 1.64 bits per heavy atom. The lowest BCUT2D eigenvalue weighted by Gasteiger charge is -2.00. The van der Waals surface area contributed by atoms with Crippen LogP contribution in [0.3, 0.4) is 0 Å². The van der Waals surface area contributed by atoms with Crippen LogP contribution in [0.2, 0.25) is 0 Å². The molecule has 0 heterocycles. The van der Waals surface area contributed by atoms with Crippen LogP contribution >= 0.6 is 11.8 Å². The molecule has 0 unspecified atom stereocenters. The van der Waals surface area contributed by atoms with Gasteiger partial charge in [-0.3, -0.25) is 10.1 Å². The molecule has 1 aromatic carbocycles. The Balaban J connectivity index is 3.29. The molecule has 72 valence electrons. The quantitative estimate of drug-likeness (QED) is 0.352. The summed E-state index contributed by atoms with van der Waals surface area (Å²) in [6.45, 7) is 0. The largest absolute Gasteiger partial charge is 0.504 e. The van der Waals surface area contributed by atoms with Crippen LogP contribution < -0.4 is 0 Å². The van der Waals surface area contributed by atoms with Gasteiger partial charge in [0.25, 0.3) is 5.69 Å². The van der Waals surface area contributed by atoms with E-state index in [1.807, 2.05) is 0 Å². The summed E-state index contributed by atoms with van der Waals surface area (Å²) in [5.41, 5.74) is -0.502. The highest BCUT2D eigenvalue weighted by atomic mass is 32.2. The molecule has 0 bridgehead atoms. The molecule has 14 heavy (non-hydrogen) atoms. The standard InChI is InChI=1S/C7H3FN2O3S/c8-5-1-4(10(12)13)2-6(7(5)11)14-3-9/h1-2,11H. The summed E-state index contributed by atoms with van der Waals surface area (Å²) < 4.78 is 12.8. The van der Waals surface area contributed by atoms with Gasteiger partial charge < -0.3 is 5.11 Å². The Labute approximate surface area is 81.9 Å². The zero-order chi connectivity index (χ0) is 10.7. The van der Waals surface area contributed by atoms with Crippen molar-refractivity contribution in [2.75, 3.05) is 0 Å². The third-order valence-electron chi connectivity index (χ3n) is 1.38. The Kier molecular flexibility index (Phi) is 2.89. The number of nitro benzene ring substituents is 1. The van der Waals surface area contributed by atoms with Crippen LogP contribution in [0.15, 0.2) is 17.0 Å². The number of nitro groups is 1. The number of phenolic OH excluding ortho intramolecular Hbond substituents is 1. The molecule has 0 spiro atoms. The third kappa shape index (κ3) is 1.92. The van der Waals surface area contributed by atoms with E-state index in [1.54, 1.807) is 5.40 Å². The van der Waals surface area contributed by atoms with Crippen LogP contribution in [0.1, 0.15) is 0 Å². The van der Waals surface area contributed by atoms with Crippen molar-refractivity contribution < 1.29 is 14.4 Å².